The van der Waals surface area contributed by atoms with Crippen molar-refractivity contribution in [1.29, 1.82) is 0 Å². The first-order valence-corrected chi connectivity index (χ1v) is 6.62. The first kappa shape index (κ1) is 15.0. The Morgan fingerprint density at radius 1 is 1.14 bits per heavy atom. The molecule has 5 heteroatoms. The predicted octanol–water partition coefficient (Wildman–Crippen LogP) is 2.29. The maximum Gasteiger partial charge on any atom is 0.247 e. The van der Waals surface area contributed by atoms with Crippen molar-refractivity contribution in [3.8, 4) is 0 Å². The van der Waals surface area contributed by atoms with Gasteiger partial charge >= 0.3 is 0 Å². The summed E-state index contributed by atoms with van der Waals surface area (Å²) in [5, 5.41) is 12.1. The van der Waals surface area contributed by atoms with Crippen molar-refractivity contribution in [2.75, 3.05) is 18.5 Å². The van der Waals surface area contributed by atoms with E-state index in [1.54, 1.807) is 12.3 Å². The lowest BCUT2D eigenvalue weighted by Crippen LogP contribution is -2.21. The molecule has 0 aliphatic carbocycles. The molecule has 0 spiro atoms. The molecule has 1 atom stereocenters. The Hall–Kier alpha value is -2.40. The van der Waals surface area contributed by atoms with Crippen LogP contribution in [0.5, 0.6) is 0 Å². The Morgan fingerprint density at radius 3 is 2.43 bits per heavy atom. The van der Waals surface area contributed by atoms with Crippen molar-refractivity contribution in [3.63, 3.8) is 0 Å². The van der Waals surface area contributed by atoms with E-state index < -0.39 is 12.8 Å². The van der Waals surface area contributed by atoms with Crippen LogP contribution in [0.25, 0.3) is 12.2 Å². The number of hydrogen-bond acceptors (Lipinski definition) is 3. The van der Waals surface area contributed by atoms with Gasteiger partial charge in [-0.15, -0.1) is 0 Å². The normalized spacial score (nSPS) is 12.5. The molecule has 0 saturated heterocycles. The van der Waals surface area contributed by atoms with Crippen molar-refractivity contribution >= 4 is 17.8 Å². The second-order valence-corrected chi connectivity index (χ2v) is 4.63. The van der Waals surface area contributed by atoms with Gasteiger partial charge in [-0.1, -0.05) is 24.3 Å². The number of pyridine rings is 1. The lowest BCUT2D eigenvalue weighted by molar-refractivity contribution is 0.151. The van der Waals surface area contributed by atoms with Gasteiger partial charge in [0, 0.05) is 24.5 Å². The molecule has 0 amide bonds. The number of benzene rings is 1. The van der Waals surface area contributed by atoms with Crippen LogP contribution in [0.1, 0.15) is 11.1 Å². The Labute approximate surface area is 122 Å². The summed E-state index contributed by atoms with van der Waals surface area (Å²) in [5.74, 6) is 0. The summed E-state index contributed by atoms with van der Waals surface area (Å²) in [6, 6.07) is 10.8. The van der Waals surface area contributed by atoms with Crippen LogP contribution in [-0.4, -0.2) is 29.4 Å². The van der Waals surface area contributed by atoms with E-state index in [4.69, 9.17) is 5.11 Å². The van der Waals surface area contributed by atoms with Gasteiger partial charge < -0.3 is 15.4 Å². The van der Waals surface area contributed by atoms with E-state index >= 15 is 0 Å². The van der Waals surface area contributed by atoms with Crippen LogP contribution in [-0.2, 0) is 0 Å². The third-order valence-corrected chi connectivity index (χ3v) is 2.91. The molecule has 4 nitrogen and oxygen atoms in total. The molecule has 1 unspecified atom stereocenters. The smallest absolute Gasteiger partial charge is 0.247 e. The fourth-order valence-electron chi connectivity index (χ4n) is 1.72. The number of aliphatic hydroxyl groups excluding tert-OH is 1. The van der Waals surface area contributed by atoms with Crippen LogP contribution in [0.4, 0.5) is 10.1 Å². The zero-order valence-electron chi connectivity index (χ0n) is 11.4. The lowest BCUT2D eigenvalue weighted by atomic mass is 10.1. The quantitative estimate of drug-likeness (QED) is 0.764. The molecule has 0 aliphatic rings. The molecule has 3 N–H and O–H groups in total. The SMILES string of the molecule is O=c1ccc(C=Cc2ccc(NCC(O)CF)cc2)c[nH]1. The summed E-state index contributed by atoms with van der Waals surface area (Å²) in [7, 11) is 0. The number of aliphatic hydroxyl groups is 1. The van der Waals surface area contributed by atoms with Crippen LogP contribution < -0.4 is 10.9 Å². The van der Waals surface area contributed by atoms with E-state index in [1.165, 1.54) is 6.07 Å². The van der Waals surface area contributed by atoms with Crippen molar-refractivity contribution in [3.05, 3.63) is 64.1 Å². The van der Waals surface area contributed by atoms with Gasteiger partial charge in [0.05, 0.1) is 6.10 Å². The van der Waals surface area contributed by atoms with Crippen LogP contribution >= 0.6 is 0 Å². The van der Waals surface area contributed by atoms with Crippen LogP contribution in [0.2, 0.25) is 0 Å². The third-order valence-electron chi connectivity index (χ3n) is 2.91. The molecule has 0 saturated carbocycles. The van der Waals surface area contributed by atoms with Gasteiger partial charge in [0.1, 0.15) is 6.67 Å². The van der Waals surface area contributed by atoms with Gasteiger partial charge in [0.2, 0.25) is 5.56 Å². The summed E-state index contributed by atoms with van der Waals surface area (Å²) in [4.78, 5) is 13.5. The maximum absolute atomic E-state index is 12.1. The highest BCUT2D eigenvalue weighted by atomic mass is 19.1. The van der Waals surface area contributed by atoms with Crippen molar-refractivity contribution in [2.24, 2.45) is 0 Å². The highest BCUT2D eigenvalue weighted by Gasteiger charge is 2.01. The summed E-state index contributed by atoms with van der Waals surface area (Å²) in [6.07, 6.45) is 4.48. The lowest BCUT2D eigenvalue weighted by Gasteiger charge is -2.09. The molecule has 0 radical (unpaired) electrons. The molecular weight excluding hydrogens is 271 g/mol. The van der Waals surface area contributed by atoms with E-state index in [0.717, 1.165) is 16.8 Å². The molecule has 0 fully saturated rings. The number of H-pyrrole nitrogens is 1. The number of anilines is 1. The summed E-state index contributed by atoms with van der Waals surface area (Å²) in [6.45, 7) is -0.573. The number of hydrogen-bond donors (Lipinski definition) is 3. The average Bonchev–Trinajstić information content (AvgIpc) is 2.53. The van der Waals surface area contributed by atoms with Crippen LogP contribution in [0.15, 0.2) is 47.4 Å². The monoisotopic (exact) mass is 288 g/mol. The third kappa shape index (κ3) is 4.89. The Kier molecular flexibility index (Phi) is 5.29. The summed E-state index contributed by atoms with van der Waals surface area (Å²) >= 11 is 0. The minimum absolute atomic E-state index is 0.127. The van der Waals surface area contributed by atoms with Gasteiger partial charge in [0.25, 0.3) is 0 Å². The first-order chi connectivity index (χ1) is 10.2. The Morgan fingerprint density at radius 2 is 1.81 bits per heavy atom. The van der Waals surface area contributed by atoms with Crippen LogP contribution in [0, 0.1) is 0 Å². The summed E-state index contributed by atoms with van der Waals surface area (Å²) < 4.78 is 12.1. The molecule has 1 heterocycles. The van der Waals surface area contributed by atoms with E-state index in [9.17, 15) is 9.18 Å². The number of alkyl halides is 1. The predicted molar refractivity (Wildman–Crippen MR) is 82.9 cm³/mol. The number of halogens is 1. The van der Waals surface area contributed by atoms with E-state index in [-0.39, 0.29) is 12.1 Å². The second kappa shape index (κ2) is 7.40. The number of rotatable bonds is 6. The van der Waals surface area contributed by atoms with Crippen molar-refractivity contribution < 1.29 is 9.50 Å². The number of nitrogens with one attached hydrogen (secondary N) is 2. The molecule has 110 valence electrons. The molecule has 2 rings (SSSR count). The zero-order valence-corrected chi connectivity index (χ0v) is 11.4. The largest absolute Gasteiger partial charge is 0.389 e. The van der Waals surface area contributed by atoms with Crippen LogP contribution in [0.3, 0.4) is 0 Å². The van der Waals surface area contributed by atoms with E-state index in [1.807, 2.05) is 36.4 Å². The zero-order chi connectivity index (χ0) is 15.1. The van der Waals surface area contributed by atoms with Gasteiger partial charge in [-0.25, -0.2) is 4.39 Å². The topological polar surface area (TPSA) is 65.1 Å². The standard InChI is InChI=1S/C16H17FN2O2/c17-9-15(20)11-18-14-6-3-12(4-7-14)1-2-13-5-8-16(21)19-10-13/h1-8,10,15,18,20H,9,11H2,(H,19,21). The fourth-order valence-corrected chi connectivity index (χ4v) is 1.72. The minimum atomic E-state index is -0.982. The summed E-state index contributed by atoms with van der Waals surface area (Å²) in [5.41, 5.74) is 2.60. The molecule has 0 bridgehead atoms. The molecule has 21 heavy (non-hydrogen) atoms. The van der Waals surface area contributed by atoms with Crippen molar-refractivity contribution in [1.82, 2.24) is 4.98 Å². The fraction of sp³-hybridized carbons (Fsp3) is 0.188. The Bertz CT molecular complexity index is 630. The minimum Gasteiger partial charge on any atom is -0.389 e. The van der Waals surface area contributed by atoms with Gasteiger partial charge in [-0.05, 0) is 29.3 Å². The first-order valence-electron chi connectivity index (χ1n) is 6.62. The van der Waals surface area contributed by atoms with Crippen molar-refractivity contribution in [2.45, 2.75) is 6.10 Å². The highest BCUT2D eigenvalue weighted by Crippen LogP contribution is 2.12. The Balaban J connectivity index is 1.95. The molecule has 1 aromatic heterocycles. The number of aromatic nitrogens is 1. The molecular formula is C16H17FN2O2. The molecule has 1 aromatic carbocycles. The van der Waals surface area contributed by atoms with Gasteiger partial charge in [-0.2, -0.15) is 0 Å². The molecule has 0 aliphatic heterocycles. The van der Waals surface area contributed by atoms with Gasteiger partial charge in [-0.3, -0.25) is 4.79 Å². The van der Waals surface area contributed by atoms with E-state index in [2.05, 4.69) is 10.3 Å². The average molecular weight is 288 g/mol. The highest BCUT2D eigenvalue weighted by molar-refractivity contribution is 5.70. The maximum atomic E-state index is 12.1. The molecule has 2 aromatic rings. The number of aromatic amines is 1. The van der Waals surface area contributed by atoms with Gasteiger partial charge in [0.15, 0.2) is 0 Å². The second-order valence-electron chi connectivity index (χ2n) is 4.63. The van der Waals surface area contributed by atoms with E-state index in [0.29, 0.717) is 0 Å².